The molecule has 0 radical (unpaired) electrons. The van der Waals surface area contributed by atoms with Gasteiger partial charge in [0.2, 0.25) is 0 Å². The van der Waals surface area contributed by atoms with Crippen LogP contribution in [0.4, 0.5) is 4.79 Å². The molecule has 190 valence electrons. The highest BCUT2D eigenvalue weighted by atomic mass is 16.6. The highest BCUT2D eigenvalue weighted by Crippen LogP contribution is 2.33. The fourth-order valence-electron chi connectivity index (χ4n) is 4.48. The lowest BCUT2D eigenvalue weighted by Crippen LogP contribution is -2.61. The summed E-state index contributed by atoms with van der Waals surface area (Å²) in [7, 11) is 0. The van der Waals surface area contributed by atoms with Crippen molar-refractivity contribution in [1.29, 1.82) is 0 Å². The summed E-state index contributed by atoms with van der Waals surface area (Å²) in [5.41, 5.74) is -2.34. The highest BCUT2D eigenvalue weighted by molar-refractivity contribution is 5.79. The summed E-state index contributed by atoms with van der Waals surface area (Å²) in [6.45, 7) is 14.5. The lowest BCUT2D eigenvalue weighted by Gasteiger charge is -2.39. The third-order valence-electron chi connectivity index (χ3n) is 5.88. The molecule has 2 atom stereocenters. The standard InChI is InChI=1S/C24H42N2O7/c1-22(2,3)32-20(29)19(25-16-11-9-15(10-12-16)13-18(27)28)17-14-31-24(7,8)26(17)21(30)33-23(4,5)6/h15-17,19,25H,9-14H2,1-8H3,(H,27,28). The van der Waals surface area contributed by atoms with Gasteiger partial charge in [0.1, 0.15) is 23.0 Å². The molecular formula is C24H42N2O7. The summed E-state index contributed by atoms with van der Waals surface area (Å²) in [5.74, 6) is -1.08. The van der Waals surface area contributed by atoms with Crippen molar-refractivity contribution < 1.29 is 33.7 Å². The molecule has 1 saturated heterocycles. The van der Waals surface area contributed by atoms with Gasteiger partial charge in [-0.2, -0.15) is 0 Å². The van der Waals surface area contributed by atoms with Crippen molar-refractivity contribution >= 4 is 18.0 Å². The van der Waals surface area contributed by atoms with Gasteiger partial charge in [-0.15, -0.1) is 0 Å². The minimum absolute atomic E-state index is 0.0109. The van der Waals surface area contributed by atoms with E-state index in [0.29, 0.717) is 0 Å². The summed E-state index contributed by atoms with van der Waals surface area (Å²) >= 11 is 0. The topological polar surface area (TPSA) is 114 Å². The van der Waals surface area contributed by atoms with Crippen LogP contribution in [-0.2, 0) is 23.8 Å². The van der Waals surface area contributed by atoms with Crippen LogP contribution in [0.15, 0.2) is 0 Å². The van der Waals surface area contributed by atoms with E-state index >= 15 is 0 Å². The predicted octanol–water partition coefficient (Wildman–Crippen LogP) is 3.69. The summed E-state index contributed by atoms with van der Waals surface area (Å²) in [4.78, 5) is 39.0. The van der Waals surface area contributed by atoms with Crippen molar-refractivity contribution in [3.05, 3.63) is 0 Å². The van der Waals surface area contributed by atoms with E-state index in [1.165, 1.54) is 4.90 Å². The summed E-state index contributed by atoms with van der Waals surface area (Å²) in [5, 5.41) is 12.5. The van der Waals surface area contributed by atoms with Crippen molar-refractivity contribution in [2.24, 2.45) is 5.92 Å². The molecule has 2 fully saturated rings. The number of esters is 1. The largest absolute Gasteiger partial charge is 0.481 e. The third kappa shape index (κ3) is 8.14. The van der Waals surface area contributed by atoms with E-state index in [0.717, 1.165) is 25.7 Å². The molecule has 0 spiro atoms. The van der Waals surface area contributed by atoms with Crippen molar-refractivity contribution in [1.82, 2.24) is 10.2 Å². The van der Waals surface area contributed by atoms with Gasteiger partial charge in [-0.1, -0.05) is 0 Å². The number of amides is 1. The van der Waals surface area contributed by atoms with Crippen LogP contribution < -0.4 is 5.32 Å². The number of aliphatic carboxylic acids is 1. The molecule has 1 aliphatic carbocycles. The SMILES string of the molecule is CC(C)(C)OC(=O)C(NC1CCC(CC(=O)O)CC1)C1COC(C)(C)N1C(=O)OC(C)(C)C. The molecule has 1 amide bonds. The van der Waals surface area contributed by atoms with Crippen LogP contribution in [0.5, 0.6) is 0 Å². The molecule has 0 aromatic carbocycles. The first-order valence-electron chi connectivity index (χ1n) is 11.9. The van der Waals surface area contributed by atoms with Gasteiger partial charge in [-0.25, -0.2) is 4.79 Å². The molecular weight excluding hydrogens is 428 g/mol. The maximum atomic E-state index is 13.3. The third-order valence-corrected chi connectivity index (χ3v) is 5.88. The van der Waals surface area contributed by atoms with Gasteiger partial charge < -0.3 is 19.3 Å². The van der Waals surface area contributed by atoms with Gasteiger partial charge in [0, 0.05) is 12.5 Å². The van der Waals surface area contributed by atoms with Crippen LogP contribution in [0.1, 0.15) is 87.5 Å². The predicted molar refractivity (Wildman–Crippen MR) is 123 cm³/mol. The van der Waals surface area contributed by atoms with Crippen molar-refractivity contribution in [3.8, 4) is 0 Å². The Bertz CT molecular complexity index is 715. The Labute approximate surface area is 197 Å². The average Bonchev–Trinajstić information content (AvgIpc) is 2.92. The molecule has 2 aliphatic rings. The second-order valence-corrected chi connectivity index (χ2v) is 11.7. The molecule has 0 bridgehead atoms. The summed E-state index contributed by atoms with van der Waals surface area (Å²) < 4.78 is 17.3. The van der Waals surface area contributed by atoms with E-state index < -0.39 is 47.0 Å². The zero-order valence-corrected chi connectivity index (χ0v) is 21.4. The lowest BCUT2D eigenvalue weighted by atomic mass is 9.83. The monoisotopic (exact) mass is 470 g/mol. The molecule has 2 rings (SSSR count). The Balaban J connectivity index is 2.24. The van der Waals surface area contributed by atoms with Crippen LogP contribution in [0.25, 0.3) is 0 Å². The van der Waals surface area contributed by atoms with E-state index in [4.69, 9.17) is 19.3 Å². The smallest absolute Gasteiger partial charge is 0.412 e. The maximum Gasteiger partial charge on any atom is 0.412 e. The average molecular weight is 471 g/mol. The molecule has 2 N–H and O–H groups in total. The van der Waals surface area contributed by atoms with Crippen molar-refractivity contribution in [2.45, 2.75) is 123 Å². The van der Waals surface area contributed by atoms with Crippen molar-refractivity contribution in [2.75, 3.05) is 6.61 Å². The molecule has 33 heavy (non-hydrogen) atoms. The fraction of sp³-hybridized carbons (Fsp3) is 0.875. The second-order valence-electron chi connectivity index (χ2n) is 11.7. The summed E-state index contributed by atoms with van der Waals surface area (Å²) in [6, 6.07) is -1.40. The van der Waals surface area contributed by atoms with Crippen LogP contribution in [0, 0.1) is 5.92 Å². The Morgan fingerprint density at radius 1 is 1.03 bits per heavy atom. The van der Waals surface area contributed by atoms with Gasteiger partial charge in [0.05, 0.1) is 12.6 Å². The van der Waals surface area contributed by atoms with Crippen molar-refractivity contribution in [3.63, 3.8) is 0 Å². The molecule has 9 heteroatoms. The number of rotatable bonds is 6. The second kappa shape index (κ2) is 10.2. The van der Waals surface area contributed by atoms with E-state index in [-0.39, 0.29) is 25.0 Å². The zero-order valence-electron chi connectivity index (χ0n) is 21.4. The molecule has 0 aromatic heterocycles. The molecule has 1 heterocycles. The molecule has 1 saturated carbocycles. The number of nitrogens with zero attached hydrogens (tertiary/aromatic N) is 1. The Morgan fingerprint density at radius 3 is 2.06 bits per heavy atom. The number of carbonyl (C=O) groups excluding carboxylic acids is 2. The van der Waals surface area contributed by atoms with Crippen LogP contribution >= 0.6 is 0 Å². The van der Waals surface area contributed by atoms with Gasteiger partial charge in [-0.05, 0) is 87.0 Å². The maximum absolute atomic E-state index is 13.3. The van der Waals surface area contributed by atoms with Gasteiger partial charge >= 0.3 is 18.0 Å². The number of hydrogen-bond acceptors (Lipinski definition) is 7. The number of carboxylic acid groups (broad SMARTS) is 1. The van der Waals surface area contributed by atoms with Gasteiger partial charge in [-0.3, -0.25) is 19.8 Å². The van der Waals surface area contributed by atoms with Crippen LogP contribution in [-0.4, -0.2) is 69.7 Å². The Morgan fingerprint density at radius 2 is 1.58 bits per heavy atom. The number of ether oxygens (including phenoxy) is 3. The number of nitrogens with one attached hydrogen (secondary N) is 1. The quantitative estimate of drug-likeness (QED) is 0.565. The molecule has 2 unspecified atom stereocenters. The molecule has 1 aliphatic heterocycles. The van der Waals surface area contributed by atoms with E-state index in [1.807, 2.05) is 0 Å². The minimum atomic E-state index is -0.950. The molecule has 9 nitrogen and oxygen atoms in total. The Kier molecular flexibility index (Phi) is 8.44. The zero-order chi connectivity index (χ0) is 25.2. The van der Waals surface area contributed by atoms with Gasteiger partial charge in [0.25, 0.3) is 0 Å². The van der Waals surface area contributed by atoms with Crippen LogP contribution in [0.2, 0.25) is 0 Å². The lowest BCUT2D eigenvalue weighted by molar-refractivity contribution is -0.159. The van der Waals surface area contributed by atoms with Crippen LogP contribution in [0.3, 0.4) is 0 Å². The normalized spacial score (nSPS) is 26.5. The number of carbonyl (C=O) groups is 3. The minimum Gasteiger partial charge on any atom is -0.481 e. The molecule has 0 aromatic rings. The van der Waals surface area contributed by atoms with E-state index in [1.54, 1.807) is 55.4 Å². The van der Waals surface area contributed by atoms with Gasteiger partial charge in [0.15, 0.2) is 0 Å². The fourth-order valence-corrected chi connectivity index (χ4v) is 4.48. The number of hydrogen-bond donors (Lipinski definition) is 2. The highest BCUT2D eigenvalue weighted by Gasteiger charge is 2.51. The first kappa shape index (κ1) is 27.4. The first-order valence-corrected chi connectivity index (χ1v) is 11.9. The first-order chi connectivity index (χ1) is 15.0. The summed E-state index contributed by atoms with van der Waals surface area (Å²) in [6.07, 6.45) is 2.66. The Hall–Kier alpha value is -1.87. The number of carboxylic acids is 1. The van der Waals surface area contributed by atoms with E-state index in [2.05, 4.69) is 5.32 Å². The van der Waals surface area contributed by atoms with E-state index in [9.17, 15) is 14.4 Å².